The van der Waals surface area contributed by atoms with Gasteiger partial charge in [0.1, 0.15) is 5.60 Å². The molecule has 0 aromatic heterocycles. The average molecular weight is 514 g/mol. The predicted molar refractivity (Wildman–Crippen MR) is 131 cm³/mol. The van der Waals surface area contributed by atoms with E-state index in [1.165, 1.54) is 6.07 Å². The summed E-state index contributed by atoms with van der Waals surface area (Å²) in [5.74, 6) is 1.04. The molecule has 2 aromatic carbocycles. The zero-order valence-electron chi connectivity index (χ0n) is 18.8. The number of fused-ring (bicyclic) bond motifs is 1. The van der Waals surface area contributed by atoms with Gasteiger partial charge >= 0.3 is 0 Å². The van der Waals surface area contributed by atoms with Gasteiger partial charge in [0.25, 0.3) is 0 Å². The van der Waals surface area contributed by atoms with Crippen LogP contribution in [-0.2, 0) is 16.4 Å². The Morgan fingerprint density at radius 3 is 2.58 bits per heavy atom. The summed E-state index contributed by atoms with van der Waals surface area (Å²) in [6.07, 6.45) is 1.40. The number of nitrogens with zero attached hydrogens (tertiary/aromatic N) is 2. The van der Waals surface area contributed by atoms with E-state index in [1.807, 2.05) is 26.0 Å². The molecule has 1 fully saturated rings. The number of halogens is 2. The van der Waals surface area contributed by atoms with E-state index in [1.54, 1.807) is 12.1 Å². The molecule has 0 atom stereocenters. The quantitative estimate of drug-likeness (QED) is 0.564. The number of hydrogen-bond acceptors (Lipinski definition) is 6. The van der Waals surface area contributed by atoms with Crippen molar-refractivity contribution in [3.05, 3.63) is 45.9 Å². The molecule has 33 heavy (non-hydrogen) atoms. The molecule has 1 saturated heterocycles. The number of nitrogens with two attached hydrogens (primary N) is 1. The largest absolute Gasteiger partial charge is 0.490 e. The Bertz CT molecular complexity index is 1130. The molecule has 0 saturated carbocycles. The maximum atomic E-state index is 11.9. The first-order valence-corrected chi connectivity index (χ1v) is 13.3. The molecule has 0 spiro atoms. The number of piperazine rings is 1. The molecule has 0 amide bonds. The normalized spacial score (nSPS) is 18.2. The van der Waals surface area contributed by atoms with Gasteiger partial charge in [-0.1, -0.05) is 29.3 Å². The highest BCUT2D eigenvalue weighted by Crippen LogP contribution is 2.43. The second-order valence-corrected chi connectivity index (χ2v) is 11.4. The van der Waals surface area contributed by atoms with E-state index in [0.29, 0.717) is 34.6 Å². The second kappa shape index (κ2) is 9.50. The van der Waals surface area contributed by atoms with E-state index >= 15 is 0 Å². The van der Waals surface area contributed by atoms with Crippen LogP contribution in [0.3, 0.4) is 0 Å². The van der Waals surface area contributed by atoms with Crippen molar-refractivity contribution in [2.24, 2.45) is 5.14 Å². The van der Waals surface area contributed by atoms with E-state index in [0.717, 1.165) is 50.4 Å². The molecule has 2 aliphatic heterocycles. The maximum absolute atomic E-state index is 11.9. The summed E-state index contributed by atoms with van der Waals surface area (Å²) in [6.45, 7) is 8.81. The van der Waals surface area contributed by atoms with Crippen molar-refractivity contribution >= 4 is 38.9 Å². The molecule has 2 aromatic rings. The van der Waals surface area contributed by atoms with Crippen LogP contribution in [0.1, 0.15) is 25.8 Å². The van der Waals surface area contributed by atoms with Crippen molar-refractivity contribution in [1.82, 2.24) is 4.90 Å². The highest BCUT2D eigenvalue weighted by atomic mass is 35.5. The molecular weight excluding hydrogens is 485 g/mol. The summed E-state index contributed by atoms with van der Waals surface area (Å²) >= 11 is 12.5. The molecule has 7 nitrogen and oxygen atoms in total. The summed E-state index contributed by atoms with van der Waals surface area (Å²) in [5, 5.41) is 6.53. The van der Waals surface area contributed by atoms with Gasteiger partial charge in [-0.05, 0) is 38.5 Å². The van der Waals surface area contributed by atoms with Crippen LogP contribution < -0.4 is 19.5 Å². The number of primary sulfonamides is 1. The molecule has 2 N–H and O–H groups in total. The molecule has 4 rings (SSSR count). The van der Waals surface area contributed by atoms with Gasteiger partial charge in [-0.15, -0.1) is 0 Å². The van der Waals surface area contributed by atoms with Crippen LogP contribution in [0.25, 0.3) is 0 Å². The molecule has 0 unspecified atom stereocenters. The number of rotatable bonds is 7. The van der Waals surface area contributed by atoms with Crippen LogP contribution in [0.5, 0.6) is 11.5 Å². The number of anilines is 1. The van der Waals surface area contributed by atoms with Crippen molar-refractivity contribution in [2.75, 3.05) is 44.2 Å². The molecule has 0 aliphatic carbocycles. The first kappa shape index (κ1) is 24.4. The van der Waals surface area contributed by atoms with Crippen LogP contribution in [0.15, 0.2) is 35.2 Å². The number of benzene rings is 2. The van der Waals surface area contributed by atoms with E-state index in [9.17, 15) is 8.42 Å². The van der Waals surface area contributed by atoms with Crippen LogP contribution in [0, 0.1) is 0 Å². The first-order chi connectivity index (χ1) is 15.5. The van der Waals surface area contributed by atoms with Crippen molar-refractivity contribution < 1.29 is 17.9 Å². The van der Waals surface area contributed by atoms with Crippen LogP contribution in [0.2, 0.25) is 10.0 Å². The topological polar surface area (TPSA) is 85.1 Å². The van der Waals surface area contributed by atoms with Gasteiger partial charge in [-0.25, -0.2) is 13.6 Å². The van der Waals surface area contributed by atoms with Crippen LogP contribution >= 0.6 is 23.2 Å². The Hall–Kier alpha value is -1.71. The van der Waals surface area contributed by atoms with E-state index in [4.69, 9.17) is 37.8 Å². The Morgan fingerprint density at radius 2 is 1.88 bits per heavy atom. The van der Waals surface area contributed by atoms with Gasteiger partial charge in [0.05, 0.1) is 27.2 Å². The Labute approximate surface area is 205 Å². The third kappa shape index (κ3) is 5.69. The average Bonchev–Trinajstić information content (AvgIpc) is 3.07. The van der Waals surface area contributed by atoms with Crippen molar-refractivity contribution in [1.29, 1.82) is 0 Å². The number of hydrogen-bond donors (Lipinski definition) is 1. The minimum atomic E-state index is -3.83. The summed E-state index contributed by atoms with van der Waals surface area (Å²) in [4.78, 5) is 4.68. The van der Waals surface area contributed by atoms with Gasteiger partial charge in [-0.2, -0.15) is 0 Å². The monoisotopic (exact) mass is 513 g/mol. The Morgan fingerprint density at radius 1 is 1.15 bits per heavy atom. The molecule has 2 heterocycles. The summed E-state index contributed by atoms with van der Waals surface area (Å²) in [5.41, 5.74) is 1.36. The minimum Gasteiger partial charge on any atom is -0.490 e. The lowest BCUT2D eigenvalue weighted by Gasteiger charge is -2.36. The molecular formula is C23H29Cl2N3O4S. The molecule has 0 radical (unpaired) electrons. The fourth-order valence-corrected chi connectivity index (χ4v) is 5.33. The van der Waals surface area contributed by atoms with E-state index < -0.39 is 15.6 Å². The number of sulfonamides is 1. The molecule has 180 valence electrons. The second-order valence-electron chi connectivity index (χ2n) is 9.10. The van der Waals surface area contributed by atoms with Gasteiger partial charge in [0.15, 0.2) is 11.5 Å². The summed E-state index contributed by atoms with van der Waals surface area (Å²) < 4.78 is 35.8. The Kier molecular flexibility index (Phi) is 7.03. The zero-order valence-corrected chi connectivity index (χ0v) is 21.1. The van der Waals surface area contributed by atoms with E-state index in [-0.39, 0.29) is 4.90 Å². The third-order valence-electron chi connectivity index (χ3n) is 5.95. The van der Waals surface area contributed by atoms with Gasteiger partial charge in [-0.3, -0.25) is 4.90 Å². The third-order valence-corrected chi connectivity index (χ3v) is 7.65. The SMILES string of the molecule is CC1(C)Cc2cc(S(N)(=O)=O)cc(OCCCN3CCN(c4cccc(Cl)c4Cl)CC3)c2O1. The highest BCUT2D eigenvalue weighted by molar-refractivity contribution is 7.89. The highest BCUT2D eigenvalue weighted by Gasteiger charge is 2.34. The fourth-order valence-electron chi connectivity index (χ4n) is 4.34. The fraction of sp³-hybridized carbons (Fsp3) is 0.478. The molecule has 0 bridgehead atoms. The lowest BCUT2D eigenvalue weighted by molar-refractivity contribution is 0.131. The first-order valence-electron chi connectivity index (χ1n) is 11.0. The van der Waals surface area contributed by atoms with Crippen LogP contribution in [-0.4, -0.2) is 58.2 Å². The lowest BCUT2D eigenvalue weighted by atomic mass is 10.0. The summed E-state index contributed by atoms with van der Waals surface area (Å²) in [6, 6.07) is 8.75. The zero-order chi connectivity index (χ0) is 23.8. The predicted octanol–water partition coefficient (Wildman–Crippen LogP) is 3.95. The van der Waals surface area contributed by atoms with E-state index in [2.05, 4.69) is 9.80 Å². The Balaban J connectivity index is 1.31. The molecule has 2 aliphatic rings. The van der Waals surface area contributed by atoms with Crippen molar-refractivity contribution in [3.8, 4) is 11.5 Å². The smallest absolute Gasteiger partial charge is 0.238 e. The molecule has 10 heteroatoms. The van der Waals surface area contributed by atoms with Gasteiger partial charge < -0.3 is 14.4 Å². The van der Waals surface area contributed by atoms with Crippen LogP contribution in [0.4, 0.5) is 5.69 Å². The van der Waals surface area contributed by atoms with Crippen molar-refractivity contribution in [2.45, 2.75) is 37.2 Å². The lowest BCUT2D eigenvalue weighted by Crippen LogP contribution is -2.46. The number of ether oxygens (including phenoxy) is 2. The van der Waals surface area contributed by atoms with Gasteiger partial charge in [0.2, 0.25) is 10.0 Å². The minimum absolute atomic E-state index is 0.0494. The standard InChI is InChI=1S/C23H29Cl2N3O4S/c1-23(2)15-16-13-17(33(26,29)30)14-20(22(16)32-23)31-12-4-7-27-8-10-28(11-9-27)19-6-3-5-18(24)21(19)25/h3,5-6,13-14H,4,7-12,15H2,1-2H3,(H2,26,29,30). The summed E-state index contributed by atoms with van der Waals surface area (Å²) in [7, 11) is -3.83. The van der Waals surface area contributed by atoms with Crippen molar-refractivity contribution in [3.63, 3.8) is 0 Å². The maximum Gasteiger partial charge on any atom is 0.238 e. The van der Waals surface area contributed by atoms with Gasteiger partial charge in [0, 0.05) is 50.8 Å².